The maximum atomic E-state index is 12.5. The molecule has 1 aliphatic carbocycles. The summed E-state index contributed by atoms with van der Waals surface area (Å²) in [7, 11) is 1.62. The third kappa shape index (κ3) is 4.99. The van der Waals surface area contributed by atoms with Crippen LogP contribution in [-0.2, 0) is 9.53 Å². The first-order chi connectivity index (χ1) is 17.5. The van der Waals surface area contributed by atoms with Crippen LogP contribution in [0, 0.1) is 0 Å². The Kier molecular flexibility index (Phi) is 6.78. The van der Waals surface area contributed by atoms with E-state index in [1.165, 1.54) is 0 Å². The van der Waals surface area contributed by atoms with E-state index in [2.05, 4.69) is 46.9 Å². The van der Waals surface area contributed by atoms with E-state index in [-0.39, 0.29) is 11.9 Å². The van der Waals surface area contributed by atoms with E-state index in [9.17, 15) is 4.79 Å². The highest BCUT2D eigenvalue weighted by Gasteiger charge is 2.32. The lowest BCUT2D eigenvalue weighted by atomic mass is 10.1. The molecule has 5 rings (SSSR count). The summed E-state index contributed by atoms with van der Waals surface area (Å²) in [6.45, 7) is 8.41. The summed E-state index contributed by atoms with van der Waals surface area (Å²) in [5, 5.41) is 4.63. The Morgan fingerprint density at radius 3 is 2.75 bits per heavy atom. The summed E-state index contributed by atoms with van der Waals surface area (Å²) in [6, 6.07) is 12.3. The number of fused-ring (bicyclic) bond motifs is 1. The van der Waals surface area contributed by atoms with E-state index >= 15 is 0 Å². The van der Waals surface area contributed by atoms with Gasteiger partial charge in [-0.05, 0) is 50.1 Å². The van der Waals surface area contributed by atoms with Gasteiger partial charge in [0.2, 0.25) is 5.91 Å². The lowest BCUT2D eigenvalue weighted by Gasteiger charge is -2.41. The molecule has 8 nitrogen and oxygen atoms in total. The molecule has 1 saturated heterocycles. The zero-order valence-electron chi connectivity index (χ0n) is 21.0. The van der Waals surface area contributed by atoms with Crippen molar-refractivity contribution in [2.75, 3.05) is 49.3 Å². The number of hydrogen-bond acceptors (Lipinski definition) is 7. The van der Waals surface area contributed by atoms with Crippen LogP contribution in [0.4, 0.5) is 22.9 Å². The fraction of sp³-hybridized carbons (Fsp3) is 0.393. The fourth-order valence-electron chi connectivity index (χ4n) is 4.89. The first-order valence-corrected chi connectivity index (χ1v) is 12.6. The van der Waals surface area contributed by atoms with Crippen LogP contribution < -0.4 is 16.0 Å². The smallest absolute Gasteiger partial charge is 0.225 e. The Bertz CT molecular complexity index is 1290. The largest absolute Gasteiger partial charge is 0.396 e. The second-order valence-corrected chi connectivity index (χ2v) is 9.71. The number of methoxy groups -OCH3 is 1. The van der Waals surface area contributed by atoms with Gasteiger partial charge in [0.15, 0.2) is 5.82 Å². The van der Waals surface area contributed by atoms with Crippen LogP contribution in [-0.4, -0.2) is 60.2 Å². The van der Waals surface area contributed by atoms with Crippen molar-refractivity contribution in [1.29, 1.82) is 0 Å². The topological polar surface area (TPSA) is 96.6 Å². The predicted molar refractivity (Wildman–Crippen MR) is 146 cm³/mol. The van der Waals surface area contributed by atoms with Crippen molar-refractivity contribution in [2.45, 2.75) is 38.1 Å². The molecule has 1 saturated carbocycles. The fourth-order valence-corrected chi connectivity index (χ4v) is 4.89. The third-order valence-corrected chi connectivity index (χ3v) is 6.99. The molecule has 1 aromatic carbocycles. The second-order valence-electron chi connectivity index (χ2n) is 9.71. The molecule has 3 heterocycles. The molecule has 3 N–H and O–H groups in total. The van der Waals surface area contributed by atoms with Crippen LogP contribution in [0.1, 0.15) is 43.5 Å². The first-order valence-electron chi connectivity index (χ1n) is 12.6. The number of aromatic nitrogens is 2. The molecule has 0 spiro atoms. The van der Waals surface area contributed by atoms with Gasteiger partial charge in [0, 0.05) is 49.8 Å². The molecule has 188 valence electrons. The molecule has 0 bridgehead atoms. The molecule has 2 aliphatic rings. The van der Waals surface area contributed by atoms with Gasteiger partial charge in [-0.15, -0.1) is 0 Å². The first kappa shape index (κ1) is 24.1. The normalized spacial score (nSPS) is 17.9. The van der Waals surface area contributed by atoms with E-state index in [1.807, 2.05) is 23.1 Å². The van der Waals surface area contributed by atoms with Gasteiger partial charge in [0.25, 0.3) is 0 Å². The standard InChI is InChI=1S/C28H34N6O2/c1-4-21-9-7-19-8-10-22(15-24(19)30-21)31-25-16-23(29)28(32-27(25)20-5-6-20)33-12-13-34(18(2)17-33)26(35)11-14-36-3/h4,7-10,15-16,18,20,31H,1,5-6,11-14,17,29H2,2-3H3/t18-/m1/s1. The number of nitrogens with zero attached hydrogens (tertiary/aromatic N) is 4. The number of piperazine rings is 1. The Balaban J connectivity index is 1.37. The Morgan fingerprint density at radius 2 is 2.03 bits per heavy atom. The molecule has 1 amide bonds. The average molecular weight is 487 g/mol. The minimum atomic E-state index is 0.0806. The highest BCUT2D eigenvalue weighted by atomic mass is 16.5. The van der Waals surface area contributed by atoms with Crippen LogP contribution in [0.25, 0.3) is 17.0 Å². The monoisotopic (exact) mass is 486 g/mol. The van der Waals surface area contributed by atoms with Crippen molar-refractivity contribution in [2.24, 2.45) is 0 Å². The molecule has 3 aromatic rings. The summed E-state index contributed by atoms with van der Waals surface area (Å²) in [6.07, 6.45) is 4.42. The number of anilines is 4. The Morgan fingerprint density at radius 1 is 1.22 bits per heavy atom. The lowest BCUT2D eigenvalue weighted by Crippen LogP contribution is -2.54. The van der Waals surface area contributed by atoms with Crippen molar-refractivity contribution in [1.82, 2.24) is 14.9 Å². The molecule has 8 heteroatoms. The maximum Gasteiger partial charge on any atom is 0.225 e. The van der Waals surface area contributed by atoms with Gasteiger partial charge in [-0.1, -0.05) is 18.7 Å². The zero-order valence-corrected chi connectivity index (χ0v) is 21.0. The number of nitrogens with two attached hydrogens (primary N) is 1. The van der Waals surface area contributed by atoms with Crippen LogP contribution in [0.3, 0.4) is 0 Å². The van der Waals surface area contributed by atoms with E-state index in [4.69, 9.17) is 15.5 Å². The Labute approximate surface area is 212 Å². The number of nitrogen functional groups attached to an aromatic ring is 1. The van der Waals surface area contributed by atoms with Crippen molar-refractivity contribution in [3.8, 4) is 0 Å². The highest BCUT2D eigenvalue weighted by Crippen LogP contribution is 2.45. The van der Waals surface area contributed by atoms with Crippen molar-refractivity contribution >= 4 is 45.8 Å². The number of carbonyl (C=O) groups excluding carboxylic acids is 1. The molecule has 0 radical (unpaired) electrons. The summed E-state index contributed by atoms with van der Waals surface area (Å²) in [5.74, 6) is 1.38. The van der Waals surface area contributed by atoms with E-state index in [0.29, 0.717) is 44.3 Å². The number of nitrogens with one attached hydrogen (secondary N) is 1. The van der Waals surface area contributed by atoms with Gasteiger partial charge in [0.1, 0.15) is 0 Å². The van der Waals surface area contributed by atoms with Crippen LogP contribution >= 0.6 is 0 Å². The number of benzene rings is 1. The Hall–Kier alpha value is -3.65. The van der Waals surface area contributed by atoms with Crippen molar-refractivity contribution in [3.05, 3.63) is 54.4 Å². The van der Waals surface area contributed by atoms with Crippen LogP contribution in [0.2, 0.25) is 0 Å². The average Bonchev–Trinajstić information content (AvgIpc) is 3.72. The molecule has 36 heavy (non-hydrogen) atoms. The van der Waals surface area contributed by atoms with Gasteiger partial charge < -0.3 is 25.6 Å². The quantitative estimate of drug-likeness (QED) is 0.482. The summed E-state index contributed by atoms with van der Waals surface area (Å²) < 4.78 is 5.07. The van der Waals surface area contributed by atoms with Crippen LogP contribution in [0.5, 0.6) is 0 Å². The molecular weight excluding hydrogens is 452 g/mol. The van der Waals surface area contributed by atoms with E-state index < -0.39 is 0 Å². The molecule has 0 unspecified atom stereocenters. The van der Waals surface area contributed by atoms with Crippen molar-refractivity contribution < 1.29 is 9.53 Å². The minimum absolute atomic E-state index is 0.0806. The van der Waals surface area contributed by atoms with E-state index in [1.54, 1.807) is 13.2 Å². The summed E-state index contributed by atoms with van der Waals surface area (Å²) >= 11 is 0. The summed E-state index contributed by atoms with van der Waals surface area (Å²) in [4.78, 5) is 26.4. The SMILES string of the molecule is C=Cc1ccc2ccc(Nc3cc(N)c(N4CCN(C(=O)CCOC)[C@H](C)C4)nc3C3CC3)cc2n1. The van der Waals surface area contributed by atoms with Crippen molar-refractivity contribution in [3.63, 3.8) is 0 Å². The predicted octanol–water partition coefficient (Wildman–Crippen LogP) is 4.55. The number of hydrogen-bond donors (Lipinski definition) is 2. The molecular formula is C28H34N6O2. The zero-order chi connectivity index (χ0) is 25.2. The number of amides is 1. The number of rotatable bonds is 8. The van der Waals surface area contributed by atoms with Gasteiger partial charge in [-0.2, -0.15) is 0 Å². The molecule has 2 fully saturated rings. The van der Waals surface area contributed by atoms with Gasteiger partial charge in [-0.25, -0.2) is 9.97 Å². The molecule has 1 aliphatic heterocycles. The van der Waals surface area contributed by atoms with E-state index in [0.717, 1.165) is 52.3 Å². The molecule has 1 atom stereocenters. The third-order valence-electron chi connectivity index (χ3n) is 6.99. The lowest BCUT2D eigenvalue weighted by molar-refractivity contribution is -0.134. The van der Waals surface area contributed by atoms with Gasteiger partial charge >= 0.3 is 0 Å². The number of pyridine rings is 2. The second kappa shape index (κ2) is 10.1. The van der Waals surface area contributed by atoms with Crippen LogP contribution in [0.15, 0.2) is 43.0 Å². The number of carbonyl (C=O) groups is 1. The number of ether oxygens (including phenoxy) is 1. The minimum Gasteiger partial charge on any atom is -0.396 e. The van der Waals surface area contributed by atoms with Gasteiger partial charge in [0.05, 0.1) is 41.3 Å². The summed E-state index contributed by atoms with van der Waals surface area (Å²) in [5.41, 5.74) is 11.9. The van der Waals surface area contributed by atoms with Gasteiger partial charge in [-0.3, -0.25) is 4.79 Å². The highest BCUT2D eigenvalue weighted by molar-refractivity contribution is 5.85. The molecule has 2 aromatic heterocycles. The maximum absolute atomic E-state index is 12.5.